The largest absolute Gasteiger partial charge is 0.393 e. The molecule has 4 atom stereocenters. The summed E-state index contributed by atoms with van der Waals surface area (Å²) in [5.41, 5.74) is 1.68. The van der Waals surface area contributed by atoms with E-state index in [-0.39, 0.29) is 6.10 Å². The zero-order chi connectivity index (χ0) is 8.84. The lowest BCUT2D eigenvalue weighted by atomic mass is 9.74. The van der Waals surface area contributed by atoms with E-state index in [2.05, 4.69) is 6.08 Å². The number of aliphatic hydroxyl groups excluding tert-OH is 1. The molecular weight excluding hydrogens is 160 g/mol. The molecule has 1 nitrogen and oxygen atoms in total. The molecule has 0 aromatic carbocycles. The van der Waals surface area contributed by atoms with E-state index in [1.165, 1.54) is 32.1 Å². The van der Waals surface area contributed by atoms with Gasteiger partial charge in [0.2, 0.25) is 0 Å². The van der Waals surface area contributed by atoms with E-state index >= 15 is 0 Å². The van der Waals surface area contributed by atoms with Crippen LogP contribution >= 0.6 is 0 Å². The zero-order valence-electron chi connectivity index (χ0n) is 8.08. The van der Waals surface area contributed by atoms with E-state index in [9.17, 15) is 5.11 Å². The van der Waals surface area contributed by atoms with Crippen molar-refractivity contribution in [3.05, 3.63) is 11.6 Å². The molecule has 0 saturated heterocycles. The maximum Gasteiger partial charge on any atom is 0.0577 e. The molecule has 0 aromatic rings. The molecule has 72 valence electrons. The molecule has 0 radical (unpaired) electrons. The molecule has 3 rings (SSSR count). The third-order valence-electron chi connectivity index (χ3n) is 4.43. The van der Waals surface area contributed by atoms with E-state index in [4.69, 9.17) is 0 Å². The van der Waals surface area contributed by atoms with Crippen LogP contribution in [0.25, 0.3) is 0 Å². The van der Waals surface area contributed by atoms with Gasteiger partial charge in [0.1, 0.15) is 0 Å². The van der Waals surface area contributed by atoms with Gasteiger partial charge < -0.3 is 5.11 Å². The standard InChI is InChI=1S/C12H18O/c13-11-7-6-9-5-4-8-2-1-3-10(8)12(9)11/h4,9-13H,1-3,5-7H2/t9-,10-,11+,12+/m0/s1. The van der Waals surface area contributed by atoms with E-state index in [1.807, 2.05) is 0 Å². The van der Waals surface area contributed by atoms with E-state index in [0.29, 0.717) is 5.92 Å². The summed E-state index contributed by atoms with van der Waals surface area (Å²) in [6, 6.07) is 0. The maximum absolute atomic E-state index is 9.94. The monoisotopic (exact) mass is 178 g/mol. The van der Waals surface area contributed by atoms with Gasteiger partial charge in [-0.3, -0.25) is 0 Å². The van der Waals surface area contributed by atoms with Gasteiger partial charge >= 0.3 is 0 Å². The topological polar surface area (TPSA) is 20.2 Å². The maximum atomic E-state index is 9.94. The van der Waals surface area contributed by atoms with Crippen molar-refractivity contribution < 1.29 is 5.11 Å². The summed E-state index contributed by atoms with van der Waals surface area (Å²) >= 11 is 0. The zero-order valence-corrected chi connectivity index (χ0v) is 8.08. The second-order valence-corrected chi connectivity index (χ2v) is 5.00. The number of hydrogen-bond acceptors (Lipinski definition) is 1. The number of rotatable bonds is 0. The van der Waals surface area contributed by atoms with Crippen LogP contribution in [0.5, 0.6) is 0 Å². The number of fused-ring (bicyclic) bond motifs is 3. The predicted octanol–water partition coefficient (Wildman–Crippen LogP) is 2.50. The summed E-state index contributed by atoms with van der Waals surface area (Å²) in [7, 11) is 0. The Bertz CT molecular complexity index is 244. The Kier molecular flexibility index (Phi) is 1.76. The highest BCUT2D eigenvalue weighted by atomic mass is 16.3. The molecule has 2 fully saturated rings. The van der Waals surface area contributed by atoms with Crippen LogP contribution in [0.1, 0.15) is 38.5 Å². The molecule has 0 heterocycles. The molecule has 0 unspecified atom stereocenters. The third-order valence-corrected chi connectivity index (χ3v) is 4.43. The van der Waals surface area contributed by atoms with Gasteiger partial charge in [-0.1, -0.05) is 11.6 Å². The summed E-state index contributed by atoms with van der Waals surface area (Å²) < 4.78 is 0. The first-order chi connectivity index (χ1) is 6.36. The van der Waals surface area contributed by atoms with Crippen molar-refractivity contribution in [3.8, 4) is 0 Å². The minimum atomic E-state index is 0.0248. The average Bonchev–Trinajstić information content (AvgIpc) is 2.70. The Balaban J connectivity index is 1.91. The highest BCUT2D eigenvalue weighted by molar-refractivity contribution is 5.19. The van der Waals surface area contributed by atoms with Crippen molar-refractivity contribution in [2.75, 3.05) is 0 Å². The molecule has 0 amide bonds. The molecule has 1 N–H and O–H groups in total. The van der Waals surface area contributed by atoms with E-state index in [0.717, 1.165) is 18.3 Å². The average molecular weight is 178 g/mol. The van der Waals surface area contributed by atoms with Gasteiger partial charge in [0.15, 0.2) is 0 Å². The van der Waals surface area contributed by atoms with Gasteiger partial charge in [-0.2, -0.15) is 0 Å². The number of allylic oxidation sites excluding steroid dienone is 2. The first kappa shape index (κ1) is 8.05. The van der Waals surface area contributed by atoms with Crippen molar-refractivity contribution in [1.82, 2.24) is 0 Å². The molecule has 2 saturated carbocycles. The van der Waals surface area contributed by atoms with Crippen molar-refractivity contribution in [2.24, 2.45) is 17.8 Å². The van der Waals surface area contributed by atoms with Gasteiger partial charge in [-0.15, -0.1) is 0 Å². The Hall–Kier alpha value is -0.300. The van der Waals surface area contributed by atoms with Crippen LogP contribution in [-0.2, 0) is 0 Å². The van der Waals surface area contributed by atoms with Gasteiger partial charge in [0.25, 0.3) is 0 Å². The fraction of sp³-hybridized carbons (Fsp3) is 0.833. The molecular formula is C12H18O. The van der Waals surface area contributed by atoms with Crippen LogP contribution in [0, 0.1) is 17.8 Å². The molecule has 1 heteroatoms. The normalized spacial score (nSPS) is 48.5. The highest BCUT2D eigenvalue weighted by Crippen LogP contribution is 2.50. The highest BCUT2D eigenvalue weighted by Gasteiger charge is 2.44. The Morgan fingerprint density at radius 3 is 3.08 bits per heavy atom. The van der Waals surface area contributed by atoms with Crippen LogP contribution in [0.4, 0.5) is 0 Å². The van der Waals surface area contributed by atoms with Crippen LogP contribution in [0.15, 0.2) is 11.6 Å². The summed E-state index contributed by atoms with van der Waals surface area (Å²) in [5.74, 6) is 2.24. The first-order valence-electron chi connectivity index (χ1n) is 5.73. The molecule has 0 spiro atoms. The van der Waals surface area contributed by atoms with Crippen molar-refractivity contribution in [3.63, 3.8) is 0 Å². The second-order valence-electron chi connectivity index (χ2n) is 5.00. The minimum Gasteiger partial charge on any atom is -0.393 e. The van der Waals surface area contributed by atoms with E-state index < -0.39 is 0 Å². The SMILES string of the molecule is O[C@@H]1CC[C@@H]2CC=C3CCC[C@@H]3[C@@H]21. The Morgan fingerprint density at radius 1 is 1.23 bits per heavy atom. The summed E-state index contributed by atoms with van der Waals surface area (Å²) in [6.07, 6.45) is 10.1. The lowest BCUT2D eigenvalue weighted by Gasteiger charge is -2.32. The smallest absolute Gasteiger partial charge is 0.0577 e. The molecule has 0 bridgehead atoms. The molecule has 0 aliphatic heterocycles. The first-order valence-corrected chi connectivity index (χ1v) is 5.73. The third kappa shape index (κ3) is 1.10. The molecule has 3 aliphatic carbocycles. The quantitative estimate of drug-likeness (QED) is 0.565. The minimum absolute atomic E-state index is 0.0248. The van der Waals surface area contributed by atoms with Gasteiger partial charge in [-0.25, -0.2) is 0 Å². The summed E-state index contributed by atoms with van der Waals surface area (Å²) in [6.45, 7) is 0. The number of aliphatic hydroxyl groups is 1. The van der Waals surface area contributed by atoms with Gasteiger partial charge in [-0.05, 0) is 56.3 Å². The summed E-state index contributed by atoms with van der Waals surface area (Å²) in [5, 5.41) is 9.94. The van der Waals surface area contributed by atoms with Crippen LogP contribution in [0.2, 0.25) is 0 Å². The van der Waals surface area contributed by atoms with Gasteiger partial charge in [0.05, 0.1) is 6.10 Å². The van der Waals surface area contributed by atoms with Crippen LogP contribution in [0.3, 0.4) is 0 Å². The number of hydrogen-bond donors (Lipinski definition) is 1. The molecule has 13 heavy (non-hydrogen) atoms. The lowest BCUT2D eigenvalue weighted by Crippen LogP contribution is -2.29. The van der Waals surface area contributed by atoms with Crippen molar-refractivity contribution in [1.29, 1.82) is 0 Å². The van der Waals surface area contributed by atoms with Crippen molar-refractivity contribution in [2.45, 2.75) is 44.6 Å². The summed E-state index contributed by atoms with van der Waals surface area (Å²) in [4.78, 5) is 0. The van der Waals surface area contributed by atoms with Crippen molar-refractivity contribution >= 4 is 0 Å². The van der Waals surface area contributed by atoms with Crippen LogP contribution < -0.4 is 0 Å². The predicted molar refractivity (Wildman–Crippen MR) is 52.3 cm³/mol. The van der Waals surface area contributed by atoms with Gasteiger partial charge in [0, 0.05) is 0 Å². The Labute approximate surface area is 79.8 Å². The Morgan fingerprint density at radius 2 is 2.15 bits per heavy atom. The van der Waals surface area contributed by atoms with E-state index in [1.54, 1.807) is 5.57 Å². The second kappa shape index (κ2) is 2.84. The fourth-order valence-electron chi connectivity index (χ4n) is 3.85. The molecule has 0 aromatic heterocycles. The fourth-order valence-corrected chi connectivity index (χ4v) is 3.85. The molecule has 3 aliphatic rings. The lowest BCUT2D eigenvalue weighted by molar-refractivity contribution is 0.0859. The van der Waals surface area contributed by atoms with Crippen LogP contribution in [-0.4, -0.2) is 11.2 Å².